The zero-order valence-corrected chi connectivity index (χ0v) is 5.91. The summed E-state index contributed by atoms with van der Waals surface area (Å²) >= 11 is 0. The third kappa shape index (κ3) is 0.609. The van der Waals surface area contributed by atoms with Crippen molar-refractivity contribution in [1.29, 1.82) is 0 Å². The molecule has 0 spiro atoms. The van der Waals surface area contributed by atoms with Gasteiger partial charge in [-0.2, -0.15) is 5.10 Å². The first-order valence-electron chi connectivity index (χ1n) is 3.48. The van der Waals surface area contributed by atoms with Gasteiger partial charge in [-0.25, -0.2) is 0 Å². The number of rotatable bonds is 0. The Kier molecular flexibility index (Phi) is 1.08. The van der Waals surface area contributed by atoms with Gasteiger partial charge in [0, 0.05) is 18.3 Å². The smallest absolute Gasteiger partial charge is 0.0827 e. The van der Waals surface area contributed by atoms with E-state index in [0.717, 1.165) is 18.4 Å². The van der Waals surface area contributed by atoms with E-state index in [2.05, 4.69) is 5.10 Å². The van der Waals surface area contributed by atoms with Crippen LogP contribution in [0.1, 0.15) is 23.8 Å². The Balaban J connectivity index is 2.53. The largest absolute Gasteiger partial charge is 0.388 e. The second-order valence-corrected chi connectivity index (χ2v) is 2.72. The first-order valence-corrected chi connectivity index (χ1v) is 3.48. The van der Waals surface area contributed by atoms with E-state index >= 15 is 0 Å². The van der Waals surface area contributed by atoms with Gasteiger partial charge >= 0.3 is 0 Å². The summed E-state index contributed by atoms with van der Waals surface area (Å²) in [5.74, 6) is 0. The van der Waals surface area contributed by atoms with Crippen molar-refractivity contribution in [2.75, 3.05) is 0 Å². The standard InChI is InChI=1S/C7H10N2O/c1-9-6-2-3-7(10)5(6)4-8-9/h4,7,10H,2-3H2,1H3. The molecule has 0 amide bonds. The van der Waals surface area contributed by atoms with Crippen molar-refractivity contribution in [3.8, 4) is 0 Å². The van der Waals surface area contributed by atoms with E-state index < -0.39 is 0 Å². The predicted molar refractivity (Wildman–Crippen MR) is 36.5 cm³/mol. The lowest BCUT2D eigenvalue weighted by Gasteiger charge is -1.94. The Morgan fingerprint density at radius 2 is 2.60 bits per heavy atom. The van der Waals surface area contributed by atoms with E-state index in [4.69, 9.17) is 0 Å². The molecule has 3 nitrogen and oxygen atoms in total. The van der Waals surface area contributed by atoms with Gasteiger partial charge in [0.1, 0.15) is 0 Å². The summed E-state index contributed by atoms with van der Waals surface area (Å²) in [6.07, 6.45) is 3.32. The zero-order chi connectivity index (χ0) is 7.14. The molecule has 0 aliphatic heterocycles. The van der Waals surface area contributed by atoms with Crippen LogP contribution in [0.2, 0.25) is 0 Å². The van der Waals surface area contributed by atoms with Crippen molar-refractivity contribution in [1.82, 2.24) is 9.78 Å². The molecule has 1 unspecified atom stereocenters. The Hall–Kier alpha value is -0.830. The number of fused-ring (bicyclic) bond motifs is 1. The lowest BCUT2D eigenvalue weighted by molar-refractivity contribution is 0.179. The first kappa shape index (κ1) is 5.92. The van der Waals surface area contributed by atoms with Crippen LogP contribution in [0.4, 0.5) is 0 Å². The number of aromatic nitrogens is 2. The number of nitrogens with zero attached hydrogens (tertiary/aromatic N) is 2. The molecule has 0 saturated carbocycles. The van der Waals surface area contributed by atoms with Gasteiger partial charge in [0.25, 0.3) is 0 Å². The molecule has 1 heterocycles. The van der Waals surface area contributed by atoms with Gasteiger partial charge in [0.05, 0.1) is 12.3 Å². The van der Waals surface area contributed by atoms with Crippen LogP contribution in [0, 0.1) is 0 Å². The van der Waals surface area contributed by atoms with Crippen LogP contribution in [0.25, 0.3) is 0 Å². The zero-order valence-electron chi connectivity index (χ0n) is 5.91. The molecule has 0 fully saturated rings. The maximum Gasteiger partial charge on any atom is 0.0827 e. The minimum absolute atomic E-state index is 0.260. The minimum atomic E-state index is -0.260. The molecule has 54 valence electrons. The summed E-state index contributed by atoms with van der Waals surface area (Å²) in [5, 5.41) is 13.4. The highest BCUT2D eigenvalue weighted by Crippen LogP contribution is 2.29. The van der Waals surface area contributed by atoms with E-state index in [1.165, 1.54) is 5.69 Å². The van der Waals surface area contributed by atoms with E-state index in [1.54, 1.807) is 6.20 Å². The Morgan fingerprint density at radius 3 is 3.30 bits per heavy atom. The first-order chi connectivity index (χ1) is 4.79. The van der Waals surface area contributed by atoms with Crippen LogP contribution in [0.15, 0.2) is 6.20 Å². The third-order valence-electron chi connectivity index (χ3n) is 2.11. The van der Waals surface area contributed by atoms with Gasteiger partial charge in [-0.3, -0.25) is 4.68 Å². The number of hydrogen-bond donors (Lipinski definition) is 1. The fourth-order valence-electron chi connectivity index (χ4n) is 1.49. The van der Waals surface area contributed by atoms with Crippen LogP contribution in [0.3, 0.4) is 0 Å². The maximum absolute atomic E-state index is 9.34. The number of aryl methyl sites for hydroxylation is 1. The molecule has 1 aromatic rings. The average molecular weight is 138 g/mol. The molecular weight excluding hydrogens is 128 g/mol. The fraction of sp³-hybridized carbons (Fsp3) is 0.571. The molecule has 10 heavy (non-hydrogen) atoms. The maximum atomic E-state index is 9.34. The molecule has 1 aromatic heterocycles. The molecule has 2 rings (SSSR count). The summed E-state index contributed by atoms with van der Waals surface area (Å²) in [4.78, 5) is 0. The van der Waals surface area contributed by atoms with Crippen LogP contribution in [-0.4, -0.2) is 14.9 Å². The number of aliphatic hydroxyl groups is 1. The summed E-state index contributed by atoms with van der Waals surface area (Å²) in [7, 11) is 1.91. The molecule has 1 N–H and O–H groups in total. The third-order valence-corrected chi connectivity index (χ3v) is 2.11. The average Bonchev–Trinajstić information content (AvgIpc) is 2.41. The number of hydrogen-bond acceptors (Lipinski definition) is 2. The summed E-state index contributed by atoms with van der Waals surface area (Å²) in [6, 6.07) is 0. The SMILES string of the molecule is Cn1ncc2c1CCC2O. The summed E-state index contributed by atoms with van der Waals surface area (Å²) in [5.41, 5.74) is 2.20. The summed E-state index contributed by atoms with van der Waals surface area (Å²) < 4.78 is 1.84. The molecule has 3 heteroatoms. The van der Waals surface area contributed by atoms with Gasteiger partial charge in [-0.15, -0.1) is 0 Å². The molecule has 0 bridgehead atoms. The van der Waals surface area contributed by atoms with E-state index in [-0.39, 0.29) is 6.10 Å². The molecule has 1 atom stereocenters. The second kappa shape index (κ2) is 1.83. The summed E-state index contributed by atoms with van der Waals surface area (Å²) in [6.45, 7) is 0. The lowest BCUT2D eigenvalue weighted by Crippen LogP contribution is -1.94. The molecular formula is C7H10N2O. The monoisotopic (exact) mass is 138 g/mol. The molecule has 1 aliphatic carbocycles. The van der Waals surface area contributed by atoms with Crippen LogP contribution < -0.4 is 0 Å². The molecule has 0 saturated heterocycles. The van der Waals surface area contributed by atoms with Crippen LogP contribution >= 0.6 is 0 Å². The minimum Gasteiger partial charge on any atom is -0.388 e. The Labute approximate surface area is 59.3 Å². The Morgan fingerprint density at radius 1 is 1.80 bits per heavy atom. The van der Waals surface area contributed by atoms with Crippen molar-refractivity contribution in [3.05, 3.63) is 17.5 Å². The van der Waals surface area contributed by atoms with E-state index in [9.17, 15) is 5.11 Å². The van der Waals surface area contributed by atoms with Crippen molar-refractivity contribution in [3.63, 3.8) is 0 Å². The van der Waals surface area contributed by atoms with E-state index in [1.807, 2.05) is 11.7 Å². The van der Waals surface area contributed by atoms with Crippen LogP contribution in [-0.2, 0) is 13.5 Å². The van der Waals surface area contributed by atoms with Gasteiger partial charge in [-0.1, -0.05) is 0 Å². The van der Waals surface area contributed by atoms with Crippen molar-refractivity contribution in [2.24, 2.45) is 7.05 Å². The quantitative estimate of drug-likeness (QED) is 0.563. The van der Waals surface area contributed by atoms with Crippen molar-refractivity contribution >= 4 is 0 Å². The van der Waals surface area contributed by atoms with Gasteiger partial charge < -0.3 is 5.11 Å². The normalized spacial score (nSPS) is 23.2. The highest BCUT2D eigenvalue weighted by atomic mass is 16.3. The highest BCUT2D eigenvalue weighted by molar-refractivity contribution is 5.25. The van der Waals surface area contributed by atoms with Crippen molar-refractivity contribution in [2.45, 2.75) is 18.9 Å². The number of aliphatic hydroxyl groups excluding tert-OH is 1. The van der Waals surface area contributed by atoms with Crippen molar-refractivity contribution < 1.29 is 5.11 Å². The van der Waals surface area contributed by atoms with Gasteiger partial charge in [-0.05, 0) is 12.8 Å². The second-order valence-electron chi connectivity index (χ2n) is 2.72. The topological polar surface area (TPSA) is 38.0 Å². The highest BCUT2D eigenvalue weighted by Gasteiger charge is 2.23. The van der Waals surface area contributed by atoms with E-state index in [0.29, 0.717) is 0 Å². The fourth-order valence-corrected chi connectivity index (χ4v) is 1.49. The Bertz CT molecular complexity index is 254. The molecule has 1 aliphatic rings. The lowest BCUT2D eigenvalue weighted by atomic mass is 10.2. The van der Waals surface area contributed by atoms with Crippen LogP contribution in [0.5, 0.6) is 0 Å². The van der Waals surface area contributed by atoms with Gasteiger partial charge in [0.15, 0.2) is 0 Å². The molecule has 0 radical (unpaired) electrons. The predicted octanol–water partition coefficient (Wildman–Crippen LogP) is 0.400. The van der Waals surface area contributed by atoms with Gasteiger partial charge in [0.2, 0.25) is 0 Å². The molecule has 0 aromatic carbocycles.